The number of hydrogen-bond acceptors (Lipinski definition) is 4. The molecule has 0 radical (unpaired) electrons. The van der Waals surface area contributed by atoms with Crippen LogP contribution >= 0.6 is 11.3 Å². The third-order valence-corrected chi connectivity index (χ3v) is 4.30. The van der Waals surface area contributed by atoms with Gasteiger partial charge in [-0.2, -0.15) is 0 Å². The molecular formula is C17H20N2O3S. The number of thiazole rings is 1. The minimum Gasteiger partial charge on any atom is -0.476 e. The smallest absolute Gasteiger partial charge is 0.357 e. The summed E-state index contributed by atoms with van der Waals surface area (Å²) in [6.45, 7) is 2.07. The molecule has 1 aromatic heterocycles. The number of anilines is 1. The Morgan fingerprint density at radius 1 is 1.22 bits per heavy atom. The Kier molecular flexibility index (Phi) is 6.29. The fourth-order valence-corrected chi connectivity index (χ4v) is 3.17. The fraction of sp³-hybridized carbons (Fsp3) is 0.353. The van der Waals surface area contributed by atoms with Crippen molar-refractivity contribution in [1.82, 2.24) is 4.98 Å². The van der Waals surface area contributed by atoms with E-state index in [1.54, 1.807) is 0 Å². The third-order valence-electron chi connectivity index (χ3n) is 3.33. The molecule has 1 aromatic carbocycles. The number of unbranched alkanes of at least 4 members (excludes halogenated alkanes) is 2. The Morgan fingerprint density at radius 3 is 2.61 bits per heavy atom. The van der Waals surface area contributed by atoms with E-state index in [9.17, 15) is 14.7 Å². The first-order valence-electron chi connectivity index (χ1n) is 7.67. The lowest BCUT2D eigenvalue weighted by atomic mass is 10.2. The van der Waals surface area contributed by atoms with Crippen LogP contribution in [0.2, 0.25) is 0 Å². The average Bonchev–Trinajstić information content (AvgIpc) is 2.91. The Balaban J connectivity index is 2.09. The van der Waals surface area contributed by atoms with Crippen LogP contribution in [-0.2, 0) is 11.2 Å². The molecule has 5 nitrogen and oxygen atoms in total. The normalized spacial score (nSPS) is 10.5. The van der Waals surface area contributed by atoms with Crippen molar-refractivity contribution >= 4 is 28.2 Å². The van der Waals surface area contributed by atoms with E-state index in [-0.39, 0.29) is 11.6 Å². The Morgan fingerprint density at radius 2 is 1.96 bits per heavy atom. The van der Waals surface area contributed by atoms with Gasteiger partial charge in [-0.15, -0.1) is 11.3 Å². The van der Waals surface area contributed by atoms with E-state index in [1.807, 2.05) is 30.3 Å². The second kappa shape index (κ2) is 8.43. The maximum Gasteiger partial charge on any atom is 0.357 e. The molecule has 0 aliphatic rings. The van der Waals surface area contributed by atoms with Crippen LogP contribution in [0, 0.1) is 0 Å². The zero-order valence-electron chi connectivity index (χ0n) is 13.0. The zero-order chi connectivity index (χ0) is 16.7. The largest absolute Gasteiger partial charge is 0.476 e. The number of amides is 1. The van der Waals surface area contributed by atoms with Gasteiger partial charge in [-0.3, -0.25) is 4.79 Å². The highest BCUT2D eigenvalue weighted by Gasteiger charge is 2.19. The van der Waals surface area contributed by atoms with E-state index in [0.717, 1.165) is 24.8 Å². The summed E-state index contributed by atoms with van der Waals surface area (Å²) in [5, 5.41) is 13.0. The first-order chi connectivity index (χ1) is 11.1. The molecule has 6 heteroatoms. The van der Waals surface area contributed by atoms with Gasteiger partial charge in [0.1, 0.15) is 10.0 Å². The Hall–Kier alpha value is -2.21. The lowest BCUT2D eigenvalue weighted by Crippen LogP contribution is -2.13. The van der Waals surface area contributed by atoms with Crippen LogP contribution in [0.4, 0.5) is 5.00 Å². The minimum atomic E-state index is -1.12. The van der Waals surface area contributed by atoms with Crippen LogP contribution < -0.4 is 5.32 Å². The van der Waals surface area contributed by atoms with E-state index in [0.29, 0.717) is 22.9 Å². The SMILES string of the molecule is CCCCCC(=O)Nc1sc(Cc2ccccc2)nc1C(=O)O. The molecular weight excluding hydrogens is 312 g/mol. The van der Waals surface area contributed by atoms with Crippen LogP contribution in [0.25, 0.3) is 0 Å². The van der Waals surface area contributed by atoms with Crippen molar-refractivity contribution < 1.29 is 14.7 Å². The summed E-state index contributed by atoms with van der Waals surface area (Å²) in [4.78, 5) is 27.4. The van der Waals surface area contributed by atoms with Crippen LogP contribution in [0.5, 0.6) is 0 Å². The molecule has 122 valence electrons. The molecule has 0 bridgehead atoms. The van der Waals surface area contributed by atoms with Gasteiger partial charge in [-0.05, 0) is 12.0 Å². The summed E-state index contributed by atoms with van der Waals surface area (Å²) < 4.78 is 0. The highest BCUT2D eigenvalue weighted by Crippen LogP contribution is 2.27. The number of benzene rings is 1. The van der Waals surface area contributed by atoms with Gasteiger partial charge in [0.25, 0.3) is 0 Å². The number of carbonyl (C=O) groups is 2. The molecule has 23 heavy (non-hydrogen) atoms. The van der Waals surface area contributed by atoms with Gasteiger partial charge in [0, 0.05) is 12.8 Å². The number of hydrogen-bond donors (Lipinski definition) is 2. The lowest BCUT2D eigenvalue weighted by Gasteiger charge is -2.02. The predicted molar refractivity (Wildman–Crippen MR) is 91.1 cm³/mol. The lowest BCUT2D eigenvalue weighted by molar-refractivity contribution is -0.116. The molecule has 2 N–H and O–H groups in total. The Labute approximate surface area is 139 Å². The van der Waals surface area contributed by atoms with Gasteiger partial charge < -0.3 is 10.4 Å². The average molecular weight is 332 g/mol. The standard InChI is InChI=1S/C17H20N2O3S/c1-2-3-5-10-13(20)18-16-15(17(21)22)19-14(23-16)11-12-8-6-4-7-9-12/h4,6-9H,2-3,5,10-11H2,1H3,(H,18,20)(H,21,22). The van der Waals surface area contributed by atoms with Crippen LogP contribution in [0.15, 0.2) is 30.3 Å². The van der Waals surface area contributed by atoms with Crippen molar-refractivity contribution in [3.63, 3.8) is 0 Å². The van der Waals surface area contributed by atoms with Crippen molar-refractivity contribution in [3.8, 4) is 0 Å². The van der Waals surface area contributed by atoms with Gasteiger partial charge in [0.05, 0.1) is 0 Å². The monoisotopic (exact) mass is 332 g/mol. The summed E-state index contributed by atoms with van der Waals surface area (Å²) in [6.07, 6.45) is 3.79. The minimum absolute atomic E-state index is 0.0789. The van der Waals surface area contributed by atoms with Crippen molar-refractivity contribution in [3.05, 3.63) is 46.6 Å². The van der Waals surface area contributed by atoms with Crippen LogP contribution in [0.3, 0.4) is 0 Å². The van der Waals surface area contributed by atoms with Gasteiger partial charge in [-0.25, -0.2) is 9.78 Å². The molecule has 0 aliphatic heterocycles. The molecule has 0 atom stereocenters. The second-order valence-electron chi connectivity index (χ2n) is 5.26. The van der Waals surface area contributed by atoms with E-state index in [2.05, 4.69) is 17.2 Å². The molecule has 0 fully saturated rings. The summed E-state index contributed by atoms with van der Waals surface area (Å²) in [5.74, 6) is -1.28. The number of nitrogens with zero attached hydrogens (tertiary/aromatic N) is 1. The summed E-state index contributed by atoms with van der Waals surface area (Å²) in [7, 11) is 0. The number of aromatic carboxylic acids is 1. The van der Waals surface area contributed by atoms with Crippen LogP contribution in [-0.4, -0.2) is 22.0 Å². The summed E-state index contributed by atoms with van der Waals surface area (Å²) in [6, 6.07) is 9.71. The van der Waals surface area contributed by atoms with E-state index in [1.165, 1.54) is 11.3 Å². The van der Waals surface area contributed by atoms with Gasteiger partial charge in [-0.1, -0.05) is 50.1 Å². The maximum atomic E-state index is 11.9. The second-order valence-corrected chi connectivity index (χ2v) is 6.34. The number of carbonyl (C=O) groups excluding carboxylic acids is 1. The molecule has 0 unspecified atom stereocenters. The van der Waals surface area contributed by atoms with Gasteiger partial charge >= 0.3 is 5.97 Å². The molecule has 2 aromatic rings. The topological polar surface area (TPSA) is 79.3 Å². The zero-order valence-corrected chi connectivity index (χ0v) is 13.9. The quantitative estimate of drug-likeness (QED) is 0.717. The fourth-order valence-electron chi connectivity index (χ4n) is 2.16. The summed E-state index contributed by atoms with van der Waals surface area (Å²) >= 11 is 1.23. The number of rotatable bonds is 8. The molecule has 1 heterocycles. The van der Waals surface area contributed by atoms with E-state index in [4.69, 9.17) is 0 Å². The van der Waals surface area contributed by atoms with Crippen molar-refractivity contribution in [2.24, 2.45) is 0 Å². The number of carboxylic acids is 1. The molecule has 0 saturated carbocycles. The summed E-state index contributed by atoms with van der Waals surface area (Å²) in [5.41, 5.74) is 0.976. The highest BCUT2D eigenvalue weighted by molar-refractivity contribution is 7.16. The molecule has 0 aliphatic carbocycles. The van der Waals surface area contributed by atoms with Crippen molar-refractivity contribution in [2.75, 3.05) is 5.32 Å². The molecule has 2 rings (SSSR count). The molecule has 0 spiro atoms. The first-order valence-corrected chi connectivity index (χ1v) is 8.48. The highest BCUT2D eigenvalue weighted by atomic mass is 32.1. The Bertz CT molecular complexity index is 668. The first kappa shape index (κ1) is 17.1. The van der Waals surface area contributed by atoms with E-state index < -0.39 is 5.97 Å². The number of nitrogens with one attached hydrogen (secondary N) is 1. The number of aromatic nitrogens is 1. The molecule has 1 amide bonds. The van der Waals surface area contributed by atoms with Crippen molar-refractivity contribution in [2.45, 2.75) is 39.0 Å². The van der Waals surface area contributed by atoms with Gasteiger partial charge in [0.15, 0.2) is 5.69 Å². The molecule has 0 saturated heterocycles. The number of carboxylic acid groups (broad SMARTS) is 1. The maximum absolute atomic E-state index is 11.9. The van der Waals surface area contributed by atoms with E-state index >= 15 is 0 Å². The van der Waals surface area contributed by atoms with Gasteiger partial charge in [0.2, 0.25) is 5.91 Å². The third kappa shape index (κ3) is 5.17. The predicted octanol–water partition coefficient (Wildman–Crippen LogP) is 3.95. The van der Waals surface area contributed by atoms with Crippen molar-refractivity contribution in [1.29, 1.82) is 0 Å². The van der Waals surface area contributed by atoms with Crippen LogP contribution in [0.1, 0.15) is 53.7 Å².